The standard InChI is InChI=1S/C20H19BrN4O5/c1-9-12(21)5-4-11-16(9)25(10-2-3-10)19(27)15-17(11)30-14(23-15)8-24-7-6-13(18(24)26)22-20(28)29/h4-5,10,13,22H,2-3,6-8H2,1H3,(H,28,29). The third kappa shape index (κ3) is 2.97. The van der Waals surface area contributed by atoms with Gasteiger partial charge in [-0.05, 0) is 43.9 Å². The highest BCUT2D eigenvalue weighted by Crippen LogP contribution is 2.39. The highest BCUT2D eigenvalue weighted by molar-refractivity contribution is 9.10. The molecule has 2 aliphatic rings. The van der Waals surface area contributed by atoms with Crippen LogP contribution in [-0.4, -0.2) is 44.1 Å². The van der Waals surface area contributed by atoms with Crippen LogP contribution in [0.4, 0.5) is 4.79 Å². The lowest BCUT2D eigenvalue weighted by atomic mass is 10.1. The van der Waals surface area contributed by atoms with E-state index in [-0.39, 0.29) is 35.5 Å². The van der Waals surface area contributed by atoms with Gasteiger partial charge in [-0.1, -0.05) is 15.9 Å². The van der Waals surface area contributed by atoms with E-state index >= 15 is 0 Å². The first-order chi connectivity index (χ1) is 14.3. The van der Waals surface area contributed by atoms with Crippen LogP contribution in [-0.2, 0) is 11.3 Å². The molecule has 1 aromatic carbocycles. The van der Waals surface area contributed by atoms with Crippen molar-refractivity contribution < 1.29 is 19.1 Å². The Hall–Kier alpha value is -2.88. The SMILES string of the molecule is Cc1c(Br)ccc2c3oc(CN4CCC(NC(=O)O)C4=O)nc3c(=O)n(C3CC3)c12. The number of oxazole rings is 1. The number of hydrogen-bond donors (Lipinski definition) is 2. The van der Waals surface area contributed by atoms with Gasteiger partial charge in [0.15, 0.2) is 11.1 Å². The minimum atomic E-state index is -1.23. The van der Waals surface area contributed by atoms with Crippen molar-refractivity contribution in [1.29, 1.82) is 0 Å². The molecule has 2 N–H and O–H groups in total. The molecule has 9 nitrogen and oxygen atoms in total. The van der Waals surface area contributed by atoms with Gasteiger partial charge in [-0.25, -0.2) is 9.78 Å². The van der Waals surface area contributed by atoms with Gasteiger partial charge in [-0.15, -0.1) is 0 Å². The Morgan fingerprint density at radius 2 is 2.10 bits per heavy atom. The quantitative estimate of drug-likeness (QED) is 0.599. The molecule has 1 aliphatic carbocycles. The van der Waals surface area contributed by atoms with Crippen molar-refractivity contribution >= 4 is 49.9 Å². The molecule has 30 heavy (non-hydrogen) atoms. The van der Waals surface area contributed by atoms with E-state index in [9.17, 15) is 14.4 Å². The van der Waals surface area contributed by atoms with E-state index in [1.165, 1.54) is 4.90 Å². The zero-order valence-electron chi connectivity index (χ0n) is 16.1. The molecule has 10 heteroatoms. The first-order valence-electron chi connectivity index (χ1n) is 9.76. The number of hydrogen-bond acceptors (Lipinski definition) is 5. The van der Waals surface area contributed by atoms with E-state index in [1.807, 2.05) is 23.6 Å². The molecule has 0 bridgehead atoms. The maximum atomic E-state index is 13.2. The second-order valence-corrected chi connectivity index (χ2v) is 8.67. The molecule has 3 aromatic rings. The van der Waals surface area contributed by atoms with E-state index in [1.54, 1.807) is 0 Å². The molecule has 1 atom stereocenters. The molecular weight excluding hydrogens is 456 g/mol. The molecule has 2 fully saturated rings. The lowest BCUT2D eigenvalue weighted by Crippen LogP contribution is -2.40. The van der Waals surface area contributed by atoms with Crippen LogP contribution in [0.2, 0.25) is 0 Å². The second-order valence-electron chi connectivity index (χ2n) is 7.81. The average molecular weight is 475 g/mol. The Bertz CT molecular complexity index is 1280. The van der Waals surface area contributed by atoms with Gasteiger partial charge in [0.2, 0.25) is 11.8 Å². The van der Waals surface area contributed by atoms with Crippen LogP contribution in [0, 0.1) is 6.92 Å². The van der Waals surface area contributed by atoms with E-state index < -0.39 is 12.1 Å². The zero-order valence-corrected chi connectivity index (χ0v) is 17.7. The number of rotatable bonds is 4. The molecule has 2 aromatic heterocycles. The van der Waals surface area contributed by atoms with Gasteiger partial charge in [0.1, 0.15) is 6.04 Å². The van der Waals surface area contributed by atoms with Crippen molar-refractivity contribution in [3.8, 4) is 0 Å². The summed E-state index contributed by atoms with van der Waals surface area (Å²) in [5.41, 5.74) is 2.31. The first-order valence-corrected chi connectivity index (χ1v) is 10.6. The molecule has 1 saturated heterocycles. The molecule has 0 radical (unpaired) electrons. The molecular formula is C20H19BrN4O5. The number of benzene rings is 1. The van der Waals surface area contributed by atoms with Crippen LogP contribution >= 0.6 is 15.9 Å². The molecule has 156 valence electrons. The smallest absolute Gasteiger partial charge is 0.405 e. The van der Waals surface area contributed by atoms with Crippen molar-refractivity contribution in [2.24, 2.45) is 0 Å². The zero-order chi connectivity index (χ0) is 21.2. The van der Waals surface area contributed by atoms with Crippen molar-refractivity contribution in [3.05, 3.63) is 38.4 Å². The fourth-order valence-electron chi connectivity index (χ4n) is 4.17. The van der Waals surface area contributed by atoms with Crippen LogP contribution in [0.25, 0.3) is 22.0 Å². The number of likely N-dealkylation sites (tertiary alicyclic amines) is 1. The topological polar surface area (TPSA) is 118 Å². The first kappa shape index (κ1) is 19.1. The fraction of sp³-hybridized carbons (Fsp3) is 0.400. The van der Waals surface area contributed by atoms with Gasteiger partial charge < -0.3 is 24.3 Å². The van der Waals surface area contributed by atoms with E-state index in [0.29, 0.717) is 18.5 Å². The number of carbonyl (C=O) groups is 2. The van der Waals surface area contributed by atoms with Crippen molar-refractivity contribution in [1.82, 2.24) is 19.8 Å². The second kappa shape index (κ2) is 6.83. The maximum Gasteiger partial charge on any atom is 0.405 e. The summed E-state index contributed by atoms with van der Waals surface area (Å²) < 4.78 is 8.70. The lowest BCUT2D eigenvalue weighted by molar-refractivity contribution is -0.130. The average Bonchev–Trinajstić information content (AvgIpc) is 3.36. The van der Waals surface area contributed by atoms with Crippen molar-refractivity contribution in [2.45, 2.75) is 44.8 Å². The Balaban J connectivity index is 1.58. The summed E-state index contributed by atoms with van der Waals surface area (Å²) >= 11 is 3.55. The number of nitrogens with zero attached hydrogens (tertiary/aromatic N) is 3. The van der Waals surface area contributed by atoms with Crippen LogP contribution in [0.1, 0.15) is 36.8 Å². The normalized spacial score (nSPS) is 19.2. The number of amides is 2. The summed E-state index contributed by atoms with van der Waals surface area (Å²) in [5.74, 6) is -0.0541. The molecule has 5 rings (SSSR count). The summed E-state index contributed by atoms with van der Waals surface area (Å²) in [4.78, 5) is 42.4. The summed E-state index contributed by atoms with van der Waals surface area (Å²) in [7, 11) is 0. The number of carbonyl (C=O) groups excluding carboxylic acids is 1. The minimum Gasteiger partial charge on any atom is -0.465 e. The number of pyridine rings is 1. The fourth-order valence-corrected chi connectivity index (χ4v) is 4.49. The summed E-state index contributed by atoms with van der Waals surface area (Å²) in [5, 5.41) is 11.9. The largest absolute Gasteiger partial charge is 0.465 e. The number of nitrogens with one attached hydrogen (secondary N) is 1. The molecule has 1 aliphatic heterocycles. The number of carboxylic acid groups (broad SMARTS) is 1. The highest BCUT2D eigenvalue weighted by Gasteiger charge is 2.34. The molecule has 0 spiro atoms. The predicted molar refractivity (Wildman–Crippen MR) is 111 cm³/mol. The van der Waals surface area contributed by atoms with Crippen LogP contribution in [0.5, 0.6) is 0 Å². The molecule has 1 unspecified atom stereocenters. The van der Waals surface area contributed by atoms with Crippen molar-refractivity contribution in [2.75, 3.05) is 6.54 Å². The van der Waals surface area contributed by atoms with Gasteiger partial charge in [-0.3, -0.25) is 9.59 Å². The number of halogens is 1. The lowest BCUT2D eigenvalue weighted by Gasteiger charge is -2.14. The summed E-state index contributed by atoms with van der Waals surface area (Å²) in [6.07, 6.45) is 1.07. The minimum absolute atomic E-state index is 0.0885. The van der Waals surface area contributed by atoms with Crippen LogP contribution in [0.15, 0.2) is 25.8 Å². The predicted octanol–water partition coefficient (Wildman–Crippen LogP) is 2.92. The Morgan fingerprint density at radius 1 is 1.33 bits per heavy atom. The Labute approximate surface area is 178 Å². The third-order valence-corrected chi connectivity index (χ3v) is 6.64. The van der Waals surface area contributed by atoms with Crippen LogP contribution in [0.3, 0.4) is 0 Å². The number of fused-ring (bicyclic) bond motifs is 3. The van der Waals surface area contributed by atoms with Crippen LogP contribution < -0.4 is 10.9 Å². The number of aryl methyl sites for hydroxylation is 1. The van der Waals surface area contributed by atoms with Crippen molar-refractivity contribution in [3.63, 3.8) is 0 Å². The third-order valence-electron chi connectivity index (χ3n) is 5.78. The highest BCUT2D eigenvalue weighted by atomic mass is 79.9. The van der Waals surface area contributed by atoms with Gasteiger partial charge in [-0.2, -0.15) is 0 Å². The van der Waals surface area contributed by atoms with Gasteiger partial charge in [0.05, 0.1) is 12.1 Å². The molecule has 3 heterocycles. The monoisotopic (exact) mass is 474 g/mol. The van der Waals surface area contributed by atoms with E-state index in [2.05, 4.69) is 26.2 Å². The summed E-state index contributed by atoms with van der Waals surface area (Å²) in [6, 6.07) is 3.24. The van der Waals surface area contributed by atoms with Gasteiger partial charge in [0, 0.05) is 22.4 Å². The van der Waals surface area contributed by atoms with E-state index in [0.717, 1.165) is 33.8 Å². The number of aromatic nitrogens is 2. The Kier molecular flexibility index (Phi) is 4.35. The van der Waals surface area contributed by atoms with Gasteiger partial charge >= 0.3 is 6.09 Å². The van der Waals surface area contributed by atoms with E-state index in [4.69, 9.17) is 9.52 Å². The molecule has 1 saturated carbocycles. The molecule has 2 amide bonds. The Morgan fingerprint density at radius 3 is 2.80 bits per heavy atom. The summed E-state index contributed by atoms with van der Waals surface area (Å²) in [6.45, 7) is 2.44. The maximum absolute atomic E-state index is 13.2. The van der Waals surface area contributed by atoms with Gasteiger partial charge in [0.25, 0.3) is 5.56 Å².